The van der Waals surface area contributed by atoms with Crippen molar-refractivity contribution in [2.75, 3.05) is 11.9 Å². The Balaban J connectivity index is 2.02. The number of rotatable bonds is 4. The molecule has 2 heterocycles. The second kappa shape index (κ2) is 5.67. The maximum absolute atomic E-state index is 6.31. The van der Waals surface area contributed by atoms with Gasteiger partial charge < -0.3 is 10.6 Å². The molecule has 0 aliphatic heterocycles. The summed E-state index contributed by atoms with van der Waals surface area (Å²) in [7, 11) is 2.03. The maximum atomic E-state index is 6.31. The van der Waals surface area contributed by atoms with Crippen molar-refractivity contribution >= 4 is 33.7 Å². The van der Waals surface area contributed by atoms with Gasteiger partial charge in [0.25, 0.3) is 0 Å². The molecule has 0 aliphatic rings. The minimum atomic E-state index is 0.119. The predicted molar refractivity (Wildman–Crippen MR) is 89.2 cm³/mol. The lowest BCUT2D eigenvalue weighted by atomic mass is 10.1. The number of thiazole rings is 1. The van der Waals surface area contributed by atoms with Gasteiger partial charge in [-0.05, 0) is 18.6 Å². The van der Waals surface area contributed by atoms with Gasteiger partial charge in [-0.1, -0.05) is 29.8 Å². The number of imidazole rings is 1. The lowest BCUT2D eigenvalue weighted by molar-refractivity contribution is 0.724. The average molecular weight is 321 g/mol. The second-order valence-corrected chi connectivity index (χ2v) is 6.23. The summed E-state index contributed by atoms with van der Waals surface area (Å²) in [6, 6.07) is 8.02. The van der Waals surface area contributed by atoms with Crippen molar-refractivity contribution in [2.45, 2.75) is 19.5 Å². The van der Waals surface area contributed by atoms with Crippen LogP contribution in [0.15, 0.2) is 35.8 Å². The van der Waals surface area contributed by atoms with Crippen LogP contribution in [0.1, 0.15) is 24.2 Å². The molecule has 6 heteroatoms. The van der Waals surface area contributed by atoms with Gasteiger partial charge in [-0.2, -0.15) is 0 Å². The van der Waals surface area contributed by atoms with Gasteiger partial charge in [0.15, 0.2) is 10.8 Å². The number of nitrogens with two attached hydrogens (primary N) is 1. The van der Waals surface area contributed by atoms with Gasteiger partial charge in [-0.15, -0.1) is 11.3 Å². The Bertz CT molecular complexity index is 764. The van der Waals surface area contributed by atoms with Crippen molar-refractivity contribution in [3.05, 3.63) is 52.1 Å². The molecule has 1 atom stereocenters. The van der Waals surface area contributed by atoms with Crippen LogP contribution < -0.4 is 10.6 Å². The number of hydrogen-bond acceptors (Lipinski definition) is 4. The Morgan fingerprint density at radius 2 is 2.19 bits per heavy atom. The van der Waals surface area contributed by atoms with Gasteiger partial charge >= 0.3 is 0 Å². The first-order valence-corrected chi connectivity index (χ1v) is 8.01. The molecular weight excluding hydrogens is 304 g/mol. The minimum absolute atomic E-state index is 0.119. The molecular formula is C15H17ClN4S. The van der Waals surface area contributed by atoms with Crippen LogP contribution >= 0.6 is 22.9 Å². The lowest BCUT2D eigenvalue weighted by Gasteiger charge is -2.27. The standard InChI is InChI=1S/C15H17ClN4S/c1-10(11-5-3-4-6-12(11)16)19(2)14-13(9-17)20-7-8-21-15(20)18-14/h3-8,10H,9,17H2,1-2H3. The van der Waals surface area contributed by atoms with Gasteiger partial charge in [-0.25, -0.2) is 4.98 Å². The largest absolute Gasteiger partial charge is 0.351 e. The maximum Gasteiger partial charge on any atom is 0.195 e. The predicted octanol–water partition coefficient (Wildman–Crippen LogP) is 3.71. The monoisotopic (exact) mass is 320 g/mol. The molecule has 0 aliphatic carbocycles. The summed E-state index contributed by atoms with van der Waals surface area (Å²) in [6.45, 7) is 2.57. The van der Waals surface area contributed by atoms with Crippen molar-refractivity contribution in [3.63, 3.8) is 0 Å². The highest BCUT2D eigenvalue weighted by atomic mass is 35.5. The van der Waals surface area contributed by atoms with E-state index in [1.807, 2.05) is 42.9 Å². The van der Waals surface area contributed by atoms with Gasteiger partial charge in [-0.3, -0.25) is 4.40 Å². The van der Waals surface area contributed by atoms with Crippen LogP contribution in [0.2, 0.25) is 5.02 Å². The molecule has 2 N–H and O–H groups in total. The molecule has 0 spiro atoms. The molecule has 1 unspecified atom stereocenters. The van der Waals surface area contributed by atoms with Crippen LogP contribution in [0.5, 0.6) is 0 Å². The fraction of sp³-hybridized carbons (Fsp3) is 0.267. The van der Waals surface area contributed by atoms with E-state index in [9.17, 15) is 0 Å². The quantitative estimate of drug-likeness (QED) is 0.797. The third-order valence-electron chi connectivity index (χ3n) is 3.80. The number of benzene rings is 1. The third-order valence-corrected chi connectivity index (χ3v) is 4.90. The van der Waals surface area contributed by atoms with Gasteiger partial charge in [0, 0.05) is 30.2 Å². The van der Waals surface area contributed by atoms with Crippen molar-refractivity contribution in [3.8, 4) is 0 Å². The molecule has 3 aromatic rings. The first-order chi connectivity index (χ1) is 10.1. The average Bonchev–Trinajstić information content (AvgIpc) is 3.06. The normalized spacial score (nSPS) is 12.8. The zero-order valence-electron chi connectivity index (χ0n) is 12.0. The molecule has 1 aromatic carbocycles. The lowest BCUT2D eigenvalue weighted by Crippen LogP contribution is -2.24. The number of hydrogen-bond donors (Lipinski definition) is 1. The second-order valence-electron chi connectivity index (χ2n) is 4.95. The van der Waals surface area contributed by atoms with E-state index in [0.29, 0.717) is 6.54 Å². The highest BCUT2D eigenvalue weighted by molar-refractivity contribution is 7.15. The smallest absolute Gasteiger partial charge is 0.195 e. The molecule has 110 valence electrons. The molecule has 0 amide bonds. The van der Waals surface area contributed by atoms with Crippen LogP contribution in [0.3, 0.4) is 0 Å². The number of halogens is 1. The molecule has 2 aromatic heterocycles. The number of aromatic nitrogens is 2. The Morgan fingerprint density at radius 3 is 2.90 bits per heavy atom. The summed E-state index contributed by atoms with van der Waals surface area (Å²) in [5.41, 5.74) is 8.02. The van der Waals surface area contributed by atoms with E-state index in [2.05, 4.69) is 16.2 Å². The topological polar surface area (TPSA) is 46.6 Å². The third kappa shape index (κ3) is 2.41. The summed E-state index contributed by atoms with van der Waals surface area (Å²) < 4.78 is 2.05. The Hall–Kier alpha value is -1.56. The van der Waals surface area contributed by atoms with E-state index < -0.39 is 0 Å². The highest BCUT2D eigenvalue weighted by Gasteiger charge is 2.21. The fourth-order valence-electron chi connectivity index (χ4n) is 2.50. The van der Waals surface area contributed by atoms with Crippen LogP contribution in [0.4, 0.5) is 5.82 Å². The SMILES string of the molecule is CC(c1ccccc1Cl)N(C)c1nc2sccn2c1CN. The molecule has 0 saturated heterocycles. The summed E-state index contributed by atoms with van der Waals surface area (Å²) >= 11 is 7.92. The molecule has 21 heavy (non-hydrogen) atoms. The Kier molecular flexibility index (Phi) is 3.89. The van der Waals surface area contributed by atoms with Gasteiger partial charge in [0.1, 0.15) is 0 Å². The number of nitrogens with zero attached hydrogens (tertiary/aromatic N) is 3. The summed E-state index contributed by atoms with van der Waals surface area (Å²) in [5, 5.41) is 2.79. The first kappa shape index (κ1) is 14.4. The van der Waals surface area contributed by atoms with E-state index >= 15 is 0 Å². The number of anilines is 1. The summed E-state index contributed by atoms with van der Waals surface area (Å²) in [4.78, 5) is 7.79. The summed E-state index contributed by atoms with van der Waals surface area (Å²) in [5.74, 6) is 0.914. The van der Waals surface area contributed by atoms with E-state index in [1.165, 1.54) is 0 Å². The van der Waals surface area contributed by atoms with E-state index in [-0.39, 0.29) is 6.04 Å². The molecule has 0 bridgehead atoms. The van der Waals surface area contributed by atoms with Crippen LogP contribution in [-0.2, 0) is 6.54 Å². The summed E-state index contributed by atoms with van der Waals surface area (Å²) in [6.07, 6.45) is 2.01. The van der Waals surface area contributed by atoms with Crippen LogP contribution in [0.25, 0.3) is 4.96 Å². The van der Waals surface area contributed by atoms with E-state index in [4.69, 9.17) is 22.3 Å². The van der Waals surface area contributed by atoms with Gasteiger partial charge in [0.05, 0.1) is 11.7 Å². The molecule has 4 nitrogen and oxygen atoms in total. The molecule has 0 fully saturated rings. The van der Waals surface area contributed by atoms with Crippen LogP contribution in [-0.4, -0.2) is 16.4 Å². The van der Waals surface area contributed by atoms with Crippen LogP contribution in [0, 0.1) is 0 Å². The molecule has 0 saturated carbocycles. The Labute approximate surface area is 132 Å². The zero-order valence-corrected chi connectivity index (χ0v) is 13.5. The highest BCUT2D eigenvalue weighted by Crippen LogP contribution is 2.32. The Morgan fingerprint density at radius 1 is 1.43 bits per heavy atom. The van der Waals surface area contributed by atoms with Crippen molar-refractivity contribution in [1.29, 1.82) is 0 Å². The fourth-order valence-corrected chi connectivity index (χ4v) is 3.52. The first-order valence-electron chi connectivity index (χ1n) is 6.75. The van der Waals surface area contributed by atoms with Crippen molar-refractivity contribution in [1.82, 2.24) is 9.38 Å². The minimum Gasteiger partial charge on any atom is -0.351 e. The molecule has 3 rings (SSSR count). The van der Waals surface area contributed by atoms with Gasteiger partial charge in [0.2, 0.25) is 0 Å². The number of fused-ring (bicyclic) bond motifs is 1. The molecule has 0 radical (unpaired) electrons. The zero-order chi connectivity index (χ0) is 15.0. The van der Waals surface area contributed by atoms with Crippen molar-refractivity contribution < 1.29 is 0 Å². The van der Waals surface area contributed by atoms with E-state index in [1.54, 1.807) is 11.3 Å². The van der Waals surface area contributed by atoms with Crippen molar-refractivity contribution in [2.24, 2.45) is 5.73 Å². The van der Waals surface area contributed by atoms with E-state index in [0.717, 1.165) is 27.1 Å².